The van der Waals surface area contributed by atoms with E-state index >= 15 is 0 Å². The number of rotatable bonds is 1. The van der Waals surface area contributed by atoms with Crippen molar-refractivity contribution < 1.29 is 8.78 Å². The molecule has 80 valence electrons. The fourth-order valence-corrected chi connectivity index (χ4v) is 2.69. The van der Waals surface area contributed by atoms with Crippen LogP contribution in [0, 0.1) is 5.92 Å². The van der Waals surface area contributed by atoms with Crippen LogP contribution in [0.2, 0.25) is 0 Å². The summed E-state index contributed by atoms with van der Waals surface area (Å²) in [5, 5.41) is 0. The number of nitrogens with two attached hydrogens (primary N) is 1. The second kappa shape index (κ2) is 2.59. The molecule has 0 amide bonds. The Morgan fingerprint density at radius 3 is 2.00 bits per heavy atom. The van der Waals surface area contributed by atoms with Crippen LogP contribution in [0.3, 0.4) is 0 Å². The van der Waals surface area contributed by atoms with Gasteiger partial charge in [-0.1, -0.05) is 24.3 Å². The van der Waals surface area contributed by atoms with Crippen molar-refractivity contribution in [2.24, 2.45) is 11.7 Å². The summed E-state index contributed by atoms with van der Waals surface area (Å²) >= 11 is 0. The summed E-state index contributed by atoms with van der Waals surface area (Å²) in [6.45, 7) is 0. The van der Waals surface area contributed by atoms with Crippen LogP contribution in [0.5, 0.6) is 0 Å². The average molecular weight is 209 g/mol. The molecule has 0 heterocycles. The predicted molar refractivity (Wildman–Crippen MR) is 53.8 cm³/mol. The summed E-state index contributed by atoms with van der Waals surface area (Å²) in [4.78, 5) is 0. The van der Waals surface area contributed by atoms with Crippen LogP contribution in [-0.4, -0.2) is 11.5 Å². The van der Waals surface area contributed by atoms with Crippen LogP contribution in [0.25, 0.3) is 0 Å². The van der Waals surface area contributed by atoms with Gasteiger partial charge in [-0.05, 0) is 29.9 Å². The maximum absolute atomic E-state index is 13.1. The van der Waals surface area contributed by atoms with E-state index in [1.165, 1.54) is 11.1 Å². The second-order valence-corrected chi connectivity index (χ2v) is 4.80. The van der Waals surface area contributed by atoms with Crippen LogP contribution in [0.4, 0.5) is 8.78 Å². The van der Waals surface area contributed by atoms with Gasteiger partial charge in [0.15, 0.2) is 0 Å². The van der Waals surface area contributed by atoms with Crippen LogP contribution in [0.1, 0.15) is 17.5 Å². The lowest BCUT2D eigenvalue weighted by Gasteiger charge is -2.17. The van der Waals surface area contributed by atoms with Gasteiger partial charge in [-0.2, -0.15) is 0 Å². The lowest BCUT2D eigenvalue weighted by Crippen LogP contribution is -2.39. The van der Waals surface area contributed by atoms with E-state index in [9.17, 15) is 8.78 Å². The summed E-state index contributed by atoms with van der Waals surface area (Å²) in [6, 6.07) is 7.93. The van der Waals surface area contributed by atoms with E-state index in [0.29, 0.717) is 12.8 Å². The van der Waals surface area contributed by atoms with Crippen molar-refractivity contribution in [2.75, 3.05) is 0 Å². The minimum atomic E-state index is -2.64. The smallest absolute Gasteiger partial charge is 0.268 e. The van der Waals surface area contributed by atoms with Crippen molar-refractivity contribution in [3.8, 4) is 0 Å². The molecule has 2 N–H and O–H groups in total. The third kappa shape index (κ3) is 1.16. The maximum Gasteiger partial charge on any atom is 0.268 e. The zero-order valence-corrected chi connectivity index (χ0v) is 8.34. The standard InChI is InChI=1S/C12H13F2N/c13-12(14)7-11(12,15)10-5-8-3-1-2-4-9(8)6-10/h1-4,10H,5-7,15H2. The van der Waals surface area contributed by atoms with Crippen LogP contribution >= 0.6 is 0 Å². The van der Waals surface area contributed by atoms with Gasteiger partial charge in [0.1, 0.15) is 0 Å². The third-order valence-electron chi connectivity index (χ3n) is 3.85. The molecule has 1 nitrogen and oxygen atoms in total. The SMILES string of the molecule is NC1(C2Cc3ccccc3C2)CC1(F)F. The molecule has 1 saturated carbocycles. The van der Waals surface area contributed by atoms with E-state index < -0.39 is 11.5 Å². The molecule has 0 bridgehead atoms. The number of hydrogen-bond donors (Lipinski definition) is 1. The summed E-state index contributed by atoms with van der Waals surface area (Å²) in [7, 11) is 0. The van der Waals surface area contributed by atoms with E-state index in [4.69, 9.17) is 5.73 Å². The molecular formula is C12H13F2N. The summed E-state index contributed by atoms with van der Waals surface area (Å²) in [6.07, 6.45) is 1.28. The predicted octanol–water partition coefficient (Wildman–Crippen LogP) is 2.14. The zero-order valence-electron chi connectivity index (χ0n) is 8.34. The molecule has 2 aliphatic rings. The highest BCUT2D eigenvalue weighted by Gasteiger charge is 2.72. The molecule has 1 atom stereocenters. The first-order chi connectivity index (χ1) is 7.03. The van der Waals surface area contributed by atoms with Crippen molar-refractivity contribution >= 4 is 0 Å². The summed E-state index contributed by atoms with van der Waals surface area (Å²) < 4.78 is 26.3. The van der Waals surface area contributed by atoms with E-state index in [1.54, 1.807) is 0 Å². The van der Waals surface area contributed by atoms with Crippen LogP contribution in [0.15, 0.2) is 24.3 Å². The average Bonchev–Trinajstić information content (AvgIpc) is 2.61. The number of alkyl halides is 2. The molecule has 15 heavy (non-hydrogen) atoms. The highest BCUT2D eigenvalue weighted by atomic mass is 19.3. The van der Waals surface area contributed by atoms with Gasteiger partial charge in [0.25, 0.3) is 5.92 Å². The highest BCUT2D eigenvalue weighted by Crippen LogP contribution is 2.57. The molecule has 1 unspecified atom stereocenters. The minimum absolute atomic E-state index is 0.0788. The van der Waals surface area contributed by atoms with Crippen molar-refractivity contribution in [3.05, 3.63) is 35.4 Å². The number of hydrogen-bond acceptors (Lipinski definition) is 1. The first-order valence-electron chi connectivity index (χ1n) is 5.26. The van der Waals surface area contributed by atoms with Crippen LogP contribution < -0.4 is 5.73 Å². The van der Waals surface area contributed by atoms with E-state index in [0.717, 1.165) is 0 Å². The first kappa shape index (κ1) is 9.28. The van der Waals surface area contributed by atoms with Gasteiger partial charge in [-0.3, -0.25) is 0 Å². The first-order valence-corrected chi connectivity index (χ1v) is 5.26. The summed E-state index contributed by atoms with van der Waals surface area (Å²) in [5.41, 5.74) is 6.91. The molecule has 0 aromatic heterocycles. The quantitative estimate of drug-likeness (QED) is 0.753. The molecule has 2 aliphatic carbocycles. The maximum atomic E-state index is 13.1. The minimum Gasteiger partial charge on any atom is -0.320 e. The van der Waals surface area contributed by atoms with Gasteiger partial charge in [0, 0.05) is 6.42 Å². The van der Waals surface area contributed by atoms with Gasteiger partial charge >= 0.3 is 0 Å². The van der Waals surface area contributed by atoms with Crippen molar-refractivity contribution in [1.29, 1.82) is 0 Å². The highest BCUT2D eigenvalue weighted by molar-refractivity contribution is 5.36. The zero-order chi connectivity index (χ0) is 10.7. The molecule has 1 fully saturated rings. The molecule has 0 spiro atoms. The molecule has 3 heteroatoms. The Morgan fingerprint density at radius 2 is 1.60 bits per heavy atom. The Kier molecular flexibility index (Phi) is 1.60. The molecule has 1 aromatic rings. The van der Waals surface area contributed by atoms with Crippen molar-refractivity contribution in [2.45, 2.75) is 30.7 Å². The lowest BCUT2D eigenvalue weighted by molar-refractivity contribution is 0.0735. The Morgan fingerprint density at radius 1 is 1.13 bits per heavy atom. The molecule has 0 radical (unpaired) electrons. The monoisotopic (exact) mass is 209 g/mol. The second-order valence-electron chi connectivity index (χ2n) is 4.80. The fraction of sp³-hybridized carbons (Fsp3) is 0.500. The topological polar surface area (TPSA) is 26.0 Å². The van der Waals surface area contributed by atoms with Gasteiger partial charge in [0.05, 0.1) is 5.54 Å². The fourth-order valence-electron chi connectivity index (χ4n) is 2.69. The van der Waals surface area contributed by atoms with Gasteiger partial charge in [-0.25, -0.2) is 8.78 Å². The third-order valence-corrected chi connectivity index (χ3v) is 3.85. The Hall–Kier alpha value is -0.960. The molecule has 1 aromatic carbocycles. The normalized spacial score (nSPS) is 32.7. The molecular weight excluding hydrogens is 196 g/mol. The molecule has 3 rings (SSSR count). The lowest BCUT2D eigenvalue weighted by atomic mass is 9.94. The van der Waals surface area contributed by atoms with Crippen molar-refractivity contribution in [1.82, 2.24) is 0 Å². The van der Waals surface area contributed by atoms with Gasteiger partial charge in [-0.15, -0.1) is 0 Å². The largest absolute Gasteiger partial charge is 0.320 e. The Labute approximate surface area is 87.3 Å². The van der Waals surface area contributed by atoms with E-state index in [1.807, 2.05) is 24.3 Å². The number of fused-ring (bicyclic) bond motifs is 1. The van der Waals surface area contributed by atoms with Gasteiger partial charge in [0.2, 0.25) is 0 Å². The van der Waals surface area contributed by atoms with E-state index in [2.05, 4.69) is 0 Å². The van der Waals surface area contributed by atoms with Crippen molar-refractivity contribution in [3.63, 3.8) is 0 Å². The summed E-state index contributed by atoms with van der Waals surface area (Å²) in [5.74, 6) is -2.72. The molecule has 0 saturated heterocycles. The number of benzene rings is 1. The molecule has 0 aliphatic heterocycles. The Balaban J connectivity index is 1.86. The van der Waals surface area contributed by atoms with Gasteiger partial charge < -0.3 is 5.73 Å². The number of halogens is 2. The van der Waals surface area contributed by atoms with Crippen LogP contribution in [-0.2, 0) is 12.8 Å². The Bertz CT molecular complexity index is 391. The van der Waals surface area contributed by atoms with E-state index in [-0.39, 0.29) is 12.3 Å².